The van der Waals surface area contributed by atoms with Gasteiger partial charge in [-0.25, -0.2) is 4.39 Å². The zero-order valence-corrected chi connectivity index (χ0v) is 9.17. The molecule has 0 aliphatic rings. The number of alkyl halides is 3. The molecule has 0 saturated carbocycles. The predicted octanol–water partition coefficient (Wildman–Crippen LogP) is 2.61. The molecule has 0 aliphatic carbocycles. The third-order valence-electron chi connectivity index (χ3n) is 2.38. The van der Waals surface area contributed by atoms with Crippen molar-refractivity contribution in [2.75, 3.05) is 6.67 Å². The maximum absolute atomic E-state index is 13.1. The van der Waals surface area contributed by atoms with Crippen LogP contribution in [-0.4, -0.2) is 24.2 Å². The highest BCUT2D eigenvalue weighted by atomic mass is 19.3. The third-order valence-corrected chi connectivity index (χ3v) is 2.38. The summed E-state index contributed by atoms with van der Waals surface area (Å²) in [6.45, 7) is 0.0177. The summed E-state index contributed by atoms with van der Waals surface area (Å²) in [5.74, 6) is -7.97. The fourth-order valence-electron chi connectivity index (χ4n) is 1.28. The van der Waals surface area contributed by atoms with E-state index < -0.39 is 24.2 Å². The summed E-state index contributed by atoms with van der Waals surface area (Å²) < 4.78 is 38.2. The number of rotatable bonds is 5. The molecular formula is C12H11F3O2. The molecule has 1 aromatic rings. The fraction of sp³-hybridized carbons (Fsp3) is 0.333. The van der Waals surface area contributed by atoms with Crippen molar-refractivity contribution < 1.29 is 22.8 Å². The third kappa shape index (κ3) is 2.72. The summed E-state index contributed by atoms with van der Waals surface area (Å²) >= 11 is 0. The van der Waals surface area contributed by atoms with Gasteiger partial charge in [-0.1, -0.05) is 31.2 Å². The molecule has 0 bridgehead atoms. The molecule has 0 spiro atoms. The number of benzene rings is 1. The molecule has 5 heteroatoms. The number of halogens is 3. The van der Waals surface area contributed by atoms with Crippen molar-refractivity contribution in [3.8, 4) is 0 Å². The minimum absolute atomic E-state index is 0.297. The highest BCUT2D eigenvalue weighted by Crippen LogP contribution is 2.22. The zero-order chi connectivity index (χ0) is 13.1. The van der Waals surface area contributed by atoms with Gasteiger partial charge in [0, 0.05) is 5.56 Å². The highest BCUT2D eigenvalue weighted by Gasteiger charge is 2.46. The summed E-state index contributed by atoms with van der Waals surface area (Å²) in [6.07, 6.45) is 0.703. The molecule has 0 radical (unpaired) electrons. The van der Waals surface area contributed by atoms with E-state index >= 15 is 0 Å². The second-order valence-corrected chi connectivity index (χ2v) is 3.51. The topological polar surface area (TPSA) is 34.1 Å². The first-order valence-electron chi connectivity index (χ1n) is 5.04. The molecule has 17 heavy (non-hydrogen) atoms. The van der Waals surface area contributed by atoms with E-state index in [0.717, 1.165) is 5.56 Å². The SMILES string of the molecule is CCc1ccc(C(=O)C(F)(F)C(=O)CF)cc1. The first-order chi connectivity index (χ1) is 7.93. The molecule has 0 amide bonds. The Hall–Kier alpha value is -1.65. The number of carbonyl (C=O) groups excluding carboxylic acids is 2. The summed E-state index contributed by atoms with van der Waals surface area (Å²) in [5.41, 5.74) is 0.579. The van der Waals surface area contributed by atoms with Crippen LogP contribution in [0.25, 0.3) is 0 Å². The van der Waals surface area contributed by atoms with Crippen molar-refractivity contribution in [2.45, 2.75) is 19.3 Å². The first kappa shape index (κ1) is 13.4. The Morgan fingerprint density at radius 1 is 1.18 bits per heavy atom. The zero-order valence-electron chi connectivity index (χ0n) is 9.17. The quantitative estimate of drug-likeness (QED) is 0.589. The second kappa shape index (κ2) is 5.12. The molecule has 0 aliphatic heterocycles. The average Bonchev–Trinajstić information content (AvgIpc) is 2.36. The van der Waals surface area contributed by atoms with E-state index in [0.29, 0.717) is 6.42 Å². The lowest BCUT2D eigenvalue weighted by Crippen LogP contribution is -2.39. The summed E-state index contributed by atoms with van der Waals surface area (Å²) in [4.78, 5) is 22.0. The van der Waals surface area contributed by atoms with Crippen molar-refractivity contribution in [3.63, 3.8) is 0 Å². The van der Waals surface area contributed by atoms with Crippen LogP contribution in [-0.2, 0) is 11.2 Å². The van der Waals surface area contributed by atoms with Gasteiger partial charge in [0.2, 0.25) is 11.6 Å². The fourth-order valence-corrected chi connectivity index (χ4v) is 1.28. The molecule has 92 valence electrons. The van der Waals surface area contributed by atoms with Crippen molar-refractivity contribution >= 4 is 11.6 Å². The summed E-state index contributed by atoms with van der Waals surface area (Å²) in [5, 5.41) is 0. The van der Waals surface area contributed by atoms with E-state index in [9.17, 15) is 22.8 Å². The minimum Gasteiger partial charge on any atom is -0.289 e. The summed E-state index contributed by atoms with van der Waals surface area (Å²) in [6, 6.07) is 5.45. The molecular weight excluding hydrogens is 233 g/mol. The number of aryl methyl sites for hydroxylation is 1. The maximum atomic E-state index is 13.1. The van der Waals surface area contributed by atoms with Crippen LogP contribution in [0.5, 0.6) is 0 Å². The van der Waals surface area contributed by atoms with Gasteiger partial charge in [-0.2, -0.15) is 8.78 Å². The van der Waals surface area contributed by atoms with Gasteiger partial charge < -0.3 is 0 Å². The minimum atomic E-state index is -4.29. The number of hydrogen-bond donors (Lipinski definition) is 0. The molecule has 0 aromatic heterocycles. The van der Waals surface area contributed by atoms with Crippen LogP contribution in [0.1, 0.15) is 22.8 Å². The van der Waals surface area contributed by atoms with Crippen molar-refractivity contribution in [3.05, 3.63) is 35.4 Å². The molecule has 0 unspecified atom stereocenters. The monoisotopic (exact) mass is 244 g/mol. The molecule has 0 heterocycles. The van der Waals surface area contributed by atoms with Crippen LogP contribution >= 0.6 is 0 Å². The van der Waals surface area contributed by atoms with Crippen molar-refractivity contribution in [2.24, 2.45) is 0 Å². The Morgan fingerprint density at radius 2 is 1.71 bits per heavy atom. The van der Waals surface area contributed by atoms with Gasteiger partial charge >= 0.3 is 5.92 Å². The number of Topliss-reactive ketones (excluding diaryl/α,β-unsaturated/α-hetero) is 2. The average molecular weight is 244 g/mol. The van der Waals surface area contributed by atoms with Crippen LogP contribution in [0.3, 0.4) is 0 Å². The molecule has 2 nitrogen and oxygen atoms in total. The van der Waals surface area contributed by atoms with Gasteiger partial charge in [-0.15, -0.1) is 0 Å². The Kier molecular flexibility index (Phi) is 4.04. The Labute approximate surface area is 96.4 Å². The van der Waals surface area contributed by atoms with Crippen molar-refractivity contribution in [1.82, 2.24) is 0 Å². The van der Waals surface area contributed by atoms with E-state index in [1.807, 2.05) is 6.92 Å². The molecule has 0 atom stereocenters. The Morgan fingerprint density at radius 3 is 2.12 bits per heavy atom. The van der Waals surface area contributed by atoms with Crippen LogP contribution in [0.4, 0.5) is 13.2 Å². The van der Waals surface area contributed by atoms with E-state index in [4.69, 9.17) is 0 Å². The van der Waals surface area contributed by atoms with Crippen molar-refractivity contribution in [1.29, 1.82) is 0 Å². The standard InChI is InChI=1S/C12H11F3O2/c1-2-8-3-5-9(6-4-8)11(17)12(14,15)10(16)7-13/h3-6H,2,7H2,1H3. The maximum Gasteiger partial charge on any atom is 0.369 e. The lowest BCUT2D eigenvalue weighted by Gasteiger charge is -2.11. The van der Waals surface area contributed by atoms with E-state index in [1.54, 1.807) is 0 Å². The van der Waals surface area contributed by atoms with Gasteiger partial charge in [0.25, 0.3) is 0 Å². The van der Waals surface area contributed by atoms with Crippen LogP contribution in [0.15, 0.2) is 24.3 Å². The predicted molar refractivity (Wildman–Crippen MR) is 56.1 cm³/mol. The van der Waals surface area contributed by atoms with E-state index in [2.05, 4.69) is 0 Å². The number of carbonyl (C=O) groups is 2. The summed E-state index contributed by atoms with van der Waals surface area (Å²) in [7, 11) is 0. The van der Waals surface area contributed by atoms with Gasteiger partial charge in [0.05, 0.1) is 0 Å². The molecule has 0 fully saturated rings. The first-order valence-corrected chi connectivity index (χ1v) is 5.04. The van der Waals surface area contributed by atoms with Crippen LogP contribution in [0, 0.1) is 0 Å². The lowest BCUT2D eigenvalue weighted by atomic mass is 10.0. The molecule has 0 N–H and O–H groups in total. The van der Waals surface area contributed by atoms with Gasteiger partial charge in [0.1, 0.15) is 0 Å². The van der Waals surface area contributed by atoms with Crippen LogP contribution < -0.4 is 0 Å². The smallest absolute Gasteiger partial charge is 0.289 e. The van der Waals surface area contributed by atoms with E-state index in [1.165, 1.54) is 24.3 Å². The van der Waals surface area contributed by atoms with Crippen LogP contribution in [0.2, 0.25) is 0 Å². The van der Waals surface area contributed by atoms with Gasteiger partial charge in [-0.3, -0.25) is 9.59 Å². The van der Waals surface area contributed by atoms with Gasteiger partial charge in [0.15, 0.2) is 6.67 Å². The van der Waals surface area contributed by atoms with E-state index in [-0.39, 0.29) is 5.56 Å². The Bertz CT molecular complexity index is 424. The highest BCUT2D eigenvalue weighted by molar-refractivity contribution is 6.16. The molecule has 1 aromatic carbocycles. The molecule has 1 rings (SSSR count). The lowest BCUT2D eigenvalue weighted by molar-refractivity contribution is -0.137. The number of hydrogen-bond acceptors (Lipinski definition) is 2. The largest absolute Gasteiger partial charge is 0.369 e. The second-order valence-electron chi connectivity index (χ2n) is 3.51. The number of ketones is 2. The normalized spacial score (nSPS) is 11.3. The Balaban J connectivity index is 2.99. The molecule has 0 saturated heterocycles. The van der Waals surface area contributed by atoms with Gasteiger partial charge in [-0.05, 0) is 12.0 Å².